The van der Waals surface area contributed by atoms with Crippen molar-refractivity contribution >= 4 is 64.2 Å². The fourth-order valence-corrected chi connectivity index (χ4v) is 10.1. The van der Waals surface area contributed by atoms with E-state index in [1.165, 1.54) is 26.0 Å². The third-order valence-corrected chi connectivity index (χ3v) is 14.1. The lowest BCUT2D eigenvalue weighted by Crippen LogP contribution is -2.39. The second-order valence-electron chi connectivity index (χ2n) is 18.5. The van der Waals surface area contributed by atoms with E-state index < -0.39 is 10.7 Å². The highest BCUT2D eigenvalue weighted by atomic mass is 32.2. The monoisotopic (exact) mass is 1000 g/mol. The number of para-hydroxylation sites is 2. The van der Waals surface area contributed by atoms with E-state index in [0.717, 1.165) is 45.7 Å². The molecule has 0 radical (unpaired) electrons. The van der Waals surface area contributed by atoms with Gasteiger partial charge in [0.05, 0.1) is 75.9 Å². The van der Waals surface area contributed by atoms with Gasteiger partial charge in [-0.25, -0.2) is 0 Å². The van der Waals surface area contributed by atoms with E-state index in [4.69, 9.17) is 43.9 Å². The van der Waals surface area contributed by atoms with Crippen molar-refractivity contribution in [3.8, 4) is 23.0 Å². The van der Waals surface area contributed by atoms with Crippen LogP contribution in [0.2, 0.25) is 0 Å². The van der Waals surface area contributed by atoms with Crippen LogP contribution < -0.4 is 39.4 Å². The normalized spacial score (nSPS) is 15.6. The van der Waals surface area contributed by atoms with Crippen LogP contribution in [0, 0.1) is 0 Å². The van der Waals surface area contributed by atoms with Gasteiger partial charge in [0.25, 0.3) is 11.8 Å². The van der Waals surface area contributed by atoms with Gasteiger partial charge in [0.15, 0.2) is 23.0 Å². The number of benzene rings is 5. The highest BCUT2D eigenvalue weighted by Crippen LogP contribution is 2.42. The summed E-state index contributed by atoms with van der Waals surface area (Å²) in [6.45, 7) is 9.24. The Kier molecular flexibility index (Phi) is 16.6. The molecule has 5 aromatic carbocycles. The van der Waals surface area contributed by atoms with E-state index in [1.54, 1.807) is 41.2 Å². The van der Waals surface area contributed by atoms with E-state index in [0.29, 0.717) is 92.4 Å². The van der Waals surface area contributed by atoms with Crippen LogP contribution >= 0.6 is 11.8 Å². The zero-order chi connectivity index (χ0) is 50.9. The van der Waals surface area contributed by atoms with Crippen molar-refractivity contribution in [2.24, 2.45) is 4.99 Å². The van der Waals surface area contributed by atoms with Crippen molar-refractivity contribution < 1.29 is 52.6 Å². The van der Waals surface area contributed by atoms with Crippen LogP contribution in [0.5, 0.6) is 23.0 Å². The van der Waals surface area contributed by atoms with Gasteiger partial charge in [-0.15, -0.1) is 11.8 Å². The molecule has 380 valence electrons. The van der Waals surface area contributed by atoms with Crippen molar-refractivity contribution in [3.05, 3.63) is 124 Å². The van der Waals surface area contributed by atoms with Gasteiger partial charge < -0.3 is 53.8 Å². The number of carboxylic acids is 1. The minimum absolute atomic E-state index is 0.0542. The standard InChI is InChI=1S/C55H63N5O11S/c1-35-21-38-11-7-9-13-46(38)59(35)53(63)42-26-48(66-5)50(28-44(42)56)70-31-36-22-37(24-40(23-36)58(34-55(2,3)72-33-52(61)62)15-16-68-19-20-69-18-17-65-4)32-71-51-29-45-43(27-49(51)67-6)54(64)60-41(30-57-45)25-39-12-8-10-14-47(39)60/h7-14,22-24,26-30,35,41H,15-21,25,31-34,56H2,1-6H3,(H,61,62)/t35?,41-/m0/s1. The Bertz CT molecular complexity index is 2800. The first-order valence-corrected chi connectivity index (χ1v) is 25.0. The highest BCUT2D eigenvalue weighted by molar-refractivity contribution is 8.01. The predicted octanol–water partition coefficient (Wildman–Crippen LogP) is 8.41. The SMILES string of the molecule is COCCOCCOCCN(CC(C)(C)SCC(=O)O)c1cc(COc2cc(N)c(C(=O)N3c4ccccc4CC3C)cc2OC)cc(COc2cc3c(cc2OC)C(=O)N2c4ccccc4C[C@H]2C=N3)c1. The molecule has 2 amide bonds. The van der Waals surface area contributed by atoms with E-state index in [2.05, 4.69) is 4.90 Å². The number of ether oxygens (including phenoxy) is 7. The van der Waals surface area contributed by atoms with Crippen molar-refractivity contribution in [2.45, 2.75) is 63.7 Å². The fourth-order valence-electron chi connectivity index (χ4n) is 9.34. The Hall–Kier alpha value is -6.79. The van der Waals surface area contributed by atoms with E-state index in [-0.39, 0.29) is 48.6 Å². The summed E-state index contributed by atoms with van der Waals surface area (Å²) in [6.07, 6.45) is 3.23. The van der Waals surface area contributed by atoms with Gasteiger partial charge in [-0.2, -0.15) is 0 Å². The number of aliphatic imine (C=N–C) groups is 1. The third-order valence-electron chi connectivity index (χ3n) is 12.8. The molecular weight excluding hydrogens is 939 g/mol. The number of fused-ring (bicyclic) bond motifs is 5. The first-order chi connectivity index (χ1) is 34.8. The molecule has 72 heavy (non-hydrogen) atoms. The largest absolute Gasteiger partial charge is 0.493 e. The summed E-state index contributed by atoms with van der Waals surface area (Å²) < 4.78 is 40.9. The Morgan fingerprint density at radius 2 is 1.42 bits per heavy atom. The summed E-state index contributed by atoms with van der Waals surface area (Å²) in [4.78, 5) is 50.5. The number of amides is 2. The molecule has 3 N–H and O–H groups in total. The van der Waals surface area contributed by atoms with Gasteiger partial charge in [0.1, 0.15) is 13.2 Å². The van der Waals surface area contributed by atoms with E-state index in [9.17, 15) is 19.5 Å². The Labute approximate surface area is 424 Å². The average molecular weight is 1000 g/mol. The maximum Gasteiger partial charge on any atom is 0.313 e. The summed E-state index contributed by atoms with van der Waals surface area (Å²) in [5, 5.41) is 9.61. The second-order valence-corrected chi connectivity index (χ2v) is 20.2. The summed E-state index contributed by atoms with van der Waals surface area (Å²) in [6, 6.07) is 28.2. The zero-order valence-electron chi connectivity index (χ0n) is 41.7. The van der Waals surface area contributed by atoms with Crippen molar-refractivity contribution in [3.63, 3.8) is 0 Å². The van der Waals surface area contributed by atoms with Crippen LogP contribution in [-0.2, 0) is 45.1 Å². The number of methoxy groups -OCH3 is 3. The maximum absolute atomic E-state index is 14.1. The summed E-state index contributed by atoms with van der Waals surface area (Å²) in [5.41, 5.74) is 14.4. The van der Waals surface area contributed by atoms with Crippen LogP contribution in [0.25, 0.3) is 0 Å². The molecule has 0 saturated carbocycles. The maximum atomic E-state index is 14.1. The van der Waals surface area contributed by atoms with Crippen LogP contribution in [0.15, 0.2) is 96.0 Å². The fraction of sp³-hybridized carbons (Fsp3) is 0.382. The van der Waals surface area contributed by atoms with Crippen molar-refractivity contribution in [1.29, 1.82) is 0 Å². The molecule has 0 bridgehead atoms. The van der Waals surface area contributed by atoms with Gasteiger partial charge >= 0.3 is 5.97 Å². The summed E-state index contributed by atoms with van der Waals surface area (Å²) in [5.74, 6) is 0.116. The molecule has 5 aromatic rings. The molecule has 3 aliphatic rings. The van der Waals surface area contributed by atoms with Crippen molar-refractivity contribution in [2.75, 3.05) is 93.6 Å². The molecule has 2 atom stereocenters. The van der Waals surface area contributed by atoms with Crippen LogP contribution in [0.4, 0.5) is 28.4 Å². The van der Waals surface area contributed by atoms with E-state index >= 15 is 0 Å². The number of nitrogens with two attached hydrogens (primary N) is 1. The second kappa shape index (κ2) is 23.2. The molecule has 0 fully saturated rings. The van der Waals surface area contributed by atoms with Crippen molar-refractivity contribution in [1.82, 2.24) is 0 Å². The van der Waals surface area contributed by atoms with Gasteiger partial charge in [-0.05, 0) is 91.9 Å². The number of anilines is 4. The topological polar surface area (TPSA) is 184 Å². The van der Waals surface area contributed by atoms with Gasteiger partial charge in [-0.1, -0.05) is 36.4 Å². The summed E-state index contributed by atoms with van der Waals surface area (Å²) >= 11 is 1.35. The molecule has 3 aliphatic heterocycles. The predicted molar refractivity (Wildman–Crippen MR) is 281 cm³/mol. The molecule has 0 spiro atoms. The van der Waals surface area contributed by atoms with E-state index in [1.807, 2.05) is 93.7 Å². The smallest absolute Gasteiger partial charge is 0.313 e. The third kappa shape index (κ3) is 11.9. The first kappa shape index (κ1) is 51.6. The van der Waals surface area contributed by atoms with Gasteiger partial charge in [0, 0.05) is 78.5 Å². The lowest BCUT2D eigenvalue weighted by molar-refractivity contribution is -0.133. The minimum Gasteiger partial charge on any atom is -0.493 e. The molecule has 8 rings (SSSR count). The number of carbonyl (C=O) groups excluding carboxylic acids is 2. The number of hydrogen-bond acceptors (Lipinski definition) is 14. The minimum atomic E-state index is -0.895. The quantitative estimate of drug-likeness (QED) is 0.0444. The molecule has 0 aromatic heterocycles. The van der Waals surface area contributed by atoms with Crippen LogP contribution in [0.3, 0.4) is 0 Å². The number of thioether (sulfide) groups is 1. The highest BCUT2D eigenvalue weighted by Gasteiger charge is 2.37. The molecule has 0 aliphatic carbocycles. The molecule has 1 unspecified atom stereocenters. The lowest BCUT2D eigenvalue weighted by Gasteiger charge is -2.34. The zero-order valence-corrected chi connectivity index (χ0v) is 42.5. The Morgan fingerprint density at radius 1 is 0.792 bits per heavy atom. The first-order valence-electron chi connectivity index (χ1n) is 24.0. The molecule has 3 heterocycles. The number of carboxylic acid groups (broad SMARTS) is 1. The van der Waals surface area contributed by atoms with Crippen LogP contribution in [0.1, 0.15) is 63.7 Å². The lowest BCUT2D eigenvalue weighted by atomic mass is 10.1. The number of carbonyl (C=O) groups is 3. The number of hydrogen-bond donors (Lipinski definition) is 2. The molecule has 16 nitrogen and oxygen atoms in total. The number of nitrogen functional groups attached to an aromatic ring is 1. The molecule has 17 heteroatoms. The van der Waals surface area contributed by atoms with Gasteiger partial charge in [-0.3, -0.25) is 24.3 Å². The molecule has 0 saturated heterocycles. The Morgan fingerprint density at radius 3 is 2.10 bits per heavy atom. The Balaban J connectivity index is 1.08. The number of nitrogens with zero attached hydrogens (tertiary/aromatic N) is 4. The average Bonchev–Trinajstić information content (AvgIpc) is 3.88. The molecular formula is C55H63N5O11S. The van der Waals surface area contributed by atoms with Crippen LogP contribution in [-0.4, -0.2) is 119 Å². The van der Waals surface area contributed by atoms with Gasteiger partial charge in [0.2, 0.25) is 0 Å². The summed E-state index contributed by atoms with van der Waals surface area (Å²) in [7, 11) is 4.68. The number of rotatable bonds is 24. The number of aliphatic carboxylic acids is 1.